The van der Waals surface area contributed by atoms with E-state index in [4.69, 9.17) is 4.74 Å². The Bertz CT molecular complexity index is 301. The van der Waals surface area contributed by atoms with Gasteiger partial charge in [-0.05, 0) is 18.2 Å². The van der Waals surface area contributed by atoms with Crippen LogP contribution in [0.1, 0.15) is 18.0 Å². The number of ether oxygens (including phenoxy) is 1. The molecular weight excluding hydrogens is 157 g/mol. The first-order valence-electron chi connectivity index (χ1n) is 4.02. The summed E-state index contributed by atoms with van der Waals surface area (Å²) in [6, 6.07) is 4.76. The van der Waals surface area contributed by atoms with Crippen LogP contribution in [0.3, 0.4) is 0 Å². The average Bonchev–Trinajstić information content (AvgIpc) is 2.07. The molecule has 2 nitrogen and oxygen atoms in total. The number of hydrogen-bond donors (Lipinski definition) is 1. The molecule has 0 bridgehead atoms. The van der Waals surface area contributed by atoms with E-state index in [0.717, 1.165) is 17.7 Å². The standard InChI is InChI=1S/C9H10FNO/c10-6-1-2-9-7(5-6)8(11)3-4-12-9/h1-2,5,8H,3-4,11H2/p+1/t8-/m0/s1. The summed E-state index contributed by atoms with van der Waals surface area (Å²) in [5.74, 6) is 0.565. The van der Waals surface area contributed by atoms with Crippen molar-refractivity contribution in [3.63, 3.8) is 0 Å². The number of halogens is 1. The summed E-state index contributed by atoms with van der Waals surface area (Å²) in [4.78, 5) is 0. The lowest BCUT2D eigenvalue weighted by Crippen LogP contribution is -2.55. The molecule has 0 saturated carbocycles. The molecule has 0 unspecified atom stereocenters. The van der Waals surface area contributed by atoms with E-state index in [0.29, 0.717) is 6.61 Å². The summed E-state index contributed by atoms with van der Waals surface area (Å²) >= 11 is 0. The maximum Gasteiger partial charge on any atom is 0.128 e. The molecule has 1 atom stereocenters. The summed E-state index contributed by atoms with van der Waals surface area (Å²) in [6.45, 7) is 0.687. The Hall–Kier alpha value is -1.09. The van der Waals surface area contributed by atoms with Crippen LogP contribution in [0.25, 0.3) is 0 Å². The summed E-state index contributed by atoms with van der Waals surface area (Å²) < 4.78 is 18.1. The molecule has 1 aromatic rings. The van der Waals surface area contributed by atoms with Gasteiger partial charge in [-0.3, -0.25) is 0 Å². The van der Waals surface area contributed by atoms with E-state index in [2.05, 4.69) is 5.73 Å². The summed E-state index contributed by atoms with van der Waals surface area (Å²) in [5.41, 5.74) is 4.82. The second-order valence-corrected chi connectivity index (χ2v) is 3.02. The zero-order chi connectivity index (χ0) is 8.55. The molecule has 0 saturated heterocycles. The van der Waals surface area contributed by atoms with Gasteiger partial charge in [0.05, 0.1) is 12.2 Å². The number of benzene rings is 1. The molecule has 0 aliphatic carbocycles. The van der Waals surface area contributed by atoms with E-state index in [1.807, 2.05) is 0 Å². The van der Waals surface area contributed by atoms with Gasteiger partial charge < -0.3 is 10.5 Å². The van der Waals surface area contributed by atoms with Crippen LogP contribution in [0.4, 0.5) is 4.39 Å². The van der Waals surface area contributed by atoms with Crippen molar-refractivity contribution in [2.45, 2.75) is 12.5 Å². The molecule has 0 amide bonds. The summed E-state index contributed by atoms with van der Waals surface area (Å²) in [6.07, 6.45) is 0.871. The smallest absolute Gasteiger partial charge is 0.128 e. The first kappa shape index (κ1) is 7.55. The molecule has 1 heterocycles. The third-order valence-corrected chi connectivity index (χ3v) is 2.14. The quantitative estimate of drug-likeness (QED) is 0.613. The van der Waals surface area contributed by atoms with Gasteiger partial charge in [0, 0.05) is 6.42 Å². The predicted octanol–water partition coefficient (Wildman–Crippen LogP) is 0.891. The Balaban J connectivity index is 2.47. The monoisotopic (exact) mass is 168 g/mol. The lowest BCUT2D eigenvalue weighted by molar-refractivity contribution is -0.430. The Morgan fingerprint density at radius 1 is 1.50 bits per heavy atom. The van der Waals surface area contributed by atoms with Crippen LogP contribution in [-0.4, -0.2) is 6.61 Å². The highest BCUT2D eigenvalue weighted by Gasteiger charge is 2.20. The molecule has 2 rings (SSSR count). The zero-order valence-electron chi connectivity index (χ0n) is 6.72. The van der Waals surface area contributed by atoms with Gasteiger partial charge in [-0.2, -0.15) is 0 Å². The minimum atomic E-state index is -0.215. The van der Waals surface area contributed by atoms with E-state index in [-0.39, 0.29) is 11.9 Å². The zero-order valence-corrected chi connectivity index (χ0v) is 6.72. The predicted molar refractivity (Wildman–Crippen MR) is 42.1 cm³/mol. The molecule has 1 aliphatic heterocycles. The maximum absolute atomic E-state index is 12.8. The van der Waals surface area contributed by atoms with Gasteiger partial charge in [-0.25, -0.2) is 4.39 Å². The second kappa shape index (κ2) is 2.75. The Morgan fingerprint density at radius 3 is 3.17 bits per heavy atom. The molecule has 0 fully saturated rings. The van der Waals surface area contributed by atoms with Gasteiger partial charge in [0.25, 0.3) is 0 Å². The van der Waals surface area contributed by atoms with Crippen LogP contribution < -0.4 is 10.5 Å². The van der Waals surface area contributed by atoms with Gasteiger partial charge in [-0.1, -0.05) is 0 Å². The van der Waals surface area contributed by atoms with Gasteiger partial charge in [0.2, 0.25) is 0 Å². The molecule has 0 aromatic heterocycles. The fourth-order valence-corrected chi connectivity index (χ4v) is 1.44. The minimum Gasteiger partial charge on any atom is -0.493 e. The first-order valence-corrected chi connectivity index (χ1v) is 4.02. The molecule has 1 aliphatic rings. The Labute approximate surface area is 70.1 Å². The lowest BCUT2D eigenvalue weighted by Gasteiger charge is -2.20. The van der Waals surface area contributed by atoms with Crippen molar-refractivity contribution in [2.24, 2.45) is 0 Å². The average molecular weight is 168 g/mol. The van der Waals surface area contributed by atoms with E-state index in [1.165, 1.54) is 12.1 Å². The van der Waals surface area contributed by atoms with Gasteiger partial charge in [-0.15, -0.1) is 0 Å². The highest BCUT2D eigenvalue weighted by Crippen LogP contribution is 2.29. The molecule has 3 N–H and O–H groups in total. The van der Waals surface area contributed by atoms with Crippen molar-refractivity contribution < 1.29 is 14.9 Å². The van der Waals surface area contributed by atoms with Gasteiger partial charge >= 0.3 is 0 Å². The van der Waals surface area contributed by atoms with Crippen molar-refractivity contribution in [2.75, 3.05) is 6.61 Å². The minimum absolute atomic E-state index is 0.171. The van der Waals surface area contributed by atoms with Crippen LogP contribution in [0.2, 0.25) is 0 Å². The van der Waals surface area contributed by atoms with Crippen LogP contribution in [0.5, 0.6) is 5.75 Å². The van der Waals surface area contributed by atoms with E-state index < -0.39 is 0 Å². The van der Waals surface area contributed by atoms with Crippen molar-refractivity contribution in [1.29, 1.82) is 0 Å². The van der Waals surface area contributed by atoms with Crippen molar-refractivity contribution in [1.82, 2.24) is 0 Å². The topological polar surface area (TPSA) is 36.9 Å². The largest absolute Gasteiger partial charge is 0.493 e. The molecule has 64 valence electrons. The number of fused-ring (bicyclic) bond motifs is 1. The van der Waals surface area contributed by atoms with Crippen LogP contribution >= 0.6 is 0 Å². The maximum atomic E-state index is 12.8. The summed E-state index contributed by atoms with van der Waals surface area (Å²) in [5, 5.41) is 0. The van der Waals surface area contributed by atoms with E-state index in [1.54, 1.807) is 6.07 Å². The molecule has 0 radical (unpaired) electrons. The number of quaternary nitrogens is 1. The SMILES string of the molecule is [NH3+][C@H]1CCOc2ccc(F)cc21. The molecule has 1 aromatic carbocycles. The fourth-order valence-electron chi connectivity index (χ4n) is 1.44. The summed E-state index contributed by atoms with van der Waals surface area (Å²) in [7, 11) is 0. The van der Waals surface area contributed by atoms with E-state index >= 15 is 0 Å². The molecular formula is C9H11FNO+. The van der Waals surface area contributed by atoms with Crippen molar-refractivity contribution in [3.05, 3.63) is 29.6 Å². The normalized spacial score (nSPS) is 21.3. The lowest BCUT2D eigenvalue weighted by atomic mass is 10.0. The van der Waals surface area contributed by atoms with Gasteiger partial charge in [0.15, 0.2) is 0 Å². The van der Waals surface area contributed by atoms with Gasteiger partial charge in [0.1, 0.15) is 17.6 Å². The van der Waals surface area contributed by atoms with Crippen LogP contribution in [-0.2, 0) is 0 Å². The highest BCUT2D eigenvalue weighted by atomic mass is 19.1. The highest BCUT2D eigenvalue weighted by molar-refractivity contribution is 5.36. The second-order valence-electron chi connectivity index (χ2n) is 3.02. The Morgan fingerprint density at radius 2 is 2.33 bits per heavy atom. The molecule has 0 spiro atoms. The molecule has 12 heavy (non-hydrogen) atoms. The van der Waals surface area contributed by atoms with Crippen LogP contribution in [0, 0.1) is 5.82 Å². The third kappa shape index (κ3) is 1.16. The number of hydrogen-bond acceptors (Lipinski definition) is 1. The molecule has 3 heteroatoms. The van der Waals surface area contributed by atoms with E-state index in [9.17, 15) is 4.39 Å². The third-order valence-electron chi connectivity index (χ3n) is 2.14. The Kier molecular flexibility index (Phi) is 1.73. The van der Waals surface area contributed by atoms with Crippen molar-refractivity contribution in [3.8, 4) is 5.75 Å². The van der Waals surface area contributed by atoms with Crippen molar-refractivity contribution >= 4 is 0 Å². The number of rotatable bonds is 0. The fraction of sp³-hybridized carbons (Fsp3) is 0.333. The first-order chi connectivity index (χ1) is 5.77. The van der Waals surface area contributed by atoms with Crippen LogP contribution in [0.15, 0.2) is 18.2 Å².